The van der Waals surface area contributed by atoms with Crippen molar-refractivity contribution in [1.82, 2.24) is 20.4 Å². The normalized spacial score (nSPS) is 25.3. The minimum Gasteiger partial charge on any atom is -0.340 e. The number of carbonyl (C=O) groups is 2. The SMILES string of the molecule is Cc1noc(CN2C(=O)C3(CCCC3)NC(=O)C2C)n1. The summed E-state index contributed by atoms with van der Waals surface area (Å²) in [6.45, 7) is 3.63. The molecule has 0 radical (unpaired) electrons. The molecule has 1 spiro atoms. The maximum Gasteiger partial charge on any atom is 0.249 e. The molecule has 3 rings (SSSR count). The Bertz CT molecular complexity index is 548. The lowest BCUT2D eigenvalue weighted by Crippen LogP contribution is -2.68. The van der Waals surface area contributed by atoms with Crippen molar-refractivity contribution in [3.8, 4) is 0 Å². The molecule has 1 atom stereocenters. The van der Waals surface area contributed by atoms with Gasteiger partial charge in [-0.2, -0.15) is 4.98 Å². The number of hydrogen-bond acceptors (Lipinski definition) is 5. The fourth-order valence-electron chi connectivity index (χ4n) is 3.06. The van der Waals surface area contributed by atoms with Crippen LogP contribution in [0.5, 0.6) is 0 Å². The summed E-state index contributed by atoms with van der Waals surface area (Å²) in [5.74, 6) is 0.753. The summed E-state index contributed by atoms with van der Waals surface area (Å²) >= 11 is 0. The molecule has 1 N–H and O–H groups in total. The third-order valence-electron chi connectivity index (χ3n) is 4.21. The highest BCUT2D eigenvalue weighted by Gasteiger charge is 2.51. The first-order valence-corrected chi connectivity index (χ1v) is 6.94. The van der Waals surface area contributed by atoms with Crippen molar-refractivity contribution in [2.24, 2.45) is 0 Å². The average Bonchev–Trinajstić information content (AvgIpc) is 3.03. The molecular weight excluding hydrogens is 260 g/mol. The van der Waals surface area contributed by atoms with E-state index < -0.39 is 11.6 Å². The van der Waals surface area contributed by atoms with Gasteiger partial charge < -0.3 is 14.7 Å². The van der Waals surface area contributed by atoms with Gasteiger partial charge >= 0.3 is 0 Å². The predicted molar refractivity (Wildman–Crippen MR) is 68.4 cm³/mol. The highest BCUT2D eigenvalue weighted by molar-refractivity contribution is 5.99. The Morgan fingerprint density at radius 3 is 2.70 bits per heavy atom. The fraction of sp³-hybridized carbons (Fsp3) is 0.692. The van der Waals surface area contributed by atoms with Gasteiger partial charge in [-0.1, -0.05) is 18.0 Å². The molecule has 2 aliphatic rings. The monoisotopic (exact) mass is 278 g/mol. The summed E-state index contributed by atoms with van der Waals surface area (Å²) in [4.78, 5) is 30.5. The maximum absolute atomic E-state index is 12.7. The van der Waals surface area contributed by atoms with E-state index in [1.54, 1.807) is 18.7 Å². The molecule has 7 heteroatoms. The van der Waals surface area contributed by atoms with E-state index in [9.17, 15) is 9.59 Å². The average molecular weight is 278 g/mol. The number of nitrogens with one attached hydrogen (secondary N) is 1. The largest absolute Gasteiger partial charge is 0.340 e. The fourth-order valence-corrected chi connectivity index (χ4v) is 3.06. The Labute approximate surface area is 116 Å². The molecule has 2 heterocycles. The molecule has 108 valence electrons. The van der Waals surface area contributed by atoms with Crippen LogP contribution in [0.3, 0.4) is 0 Å². The minimum absolute atomic E-state index is 0.0297. The molecule has 20 heavy (non-hydrogen) atoms. The van der Waals surface area contributed by atoms with Crippen LogP contribution in [0.2, 0.25) is 0 Å². The van der Waals surface area contributed by atoms with Gasteiger partial charge in [0.1, 0.15) is 18.1 Å². The van der Waals surface area contributed by atoms with Crippen molar-refractivity contribution in [3.05, 3.63) is 11.7 Å². The van der Waals surface area contributed by atoms with Crippen LogP contribution in [-0.2, 0) is 16.1 Å². The first kappa shape index (κ1) is 13.1. The second-order valence-corrected chi connectivity index (χ2v) is 5.62. The van der Waals surface area contributed by atoms with Crippen molar-refractivity contribution in [2.75, 3.05) is 0 Å². The molecule has 1 unspecified atom stereocenters. The summed E-state index contributed by atoms with van der Waals surface area (Å²) in [6.07, 6.45) is 3.36. The van der Waals surface area contributed by atoms with Gasteiger partial charge in [0.05, 0.1) is 0 Å². The molecule has 7 nitrogen and oxygen atoms in total. The lowest BCUT2D eigenvalue weighted by Gasteiger charge is -2.42. The lowest BCUT2D eigenvalue weighted by molar-refractivity contribution is -0.155. The maximum atomic E-state index is 12.7. The Morgan fingerprint density at radius 2 is 2.10 bits per heavy atom. The second kappa shape index (κ2) is 4.57. The Balaban J connectivity index is 1.86. The number of aryl methyl sites for hydroxylation is 1. The van der Waals surface area contributed by atoms with E-state index in [1.165, 1.54) is 0 Å². The zero-order valence-corrected chi connectivity index (χ0v) is 11.7. The predicted octanol–water partition coefficient (Wildman–Crippen LogP) is 0.538. The third-order valence-corrected chi connectivity index (χ3v) is 4.21. The summed E-state index contributed by atoms with van der Waals surface area (Å²) in [5.41, 5.74) is -0.710. The van der Waals surface area contributed by atoms with Gasteiger partial charge in [0.2, 0.25) is 17.7 Å². The van der Waals surface area contributed by atoms with Crippen LogP contribution in [0, 0.1) is 6.92 Å². The van der Waals surface area contributed by atoms with E-state index in [2.05, 4.69) is 15.5 Å². The molecule has 1 aliphatic carbocycles. The van der Waals surface area contributed by atoms with Gasteiger partial charge in [-0.25, -0.2) is 0 Å². The zero-order valence-electron chi connectivity index (χ0n) is 11.7. The number of aromatic nitrogens is 2. The van der Waals surface area contributed by atoms with Crippen molar-refractivity contribution in [1.29, 1.82) is 0 Å². The summed E-state index contributed by atoms with van der Waals surface area (Å²) in [5, 5.41) is 6.63. The molecular formula is C13H18N4O3. The van der Waals surface area contributed by atoms with E-state index in [1.807, 2.05) is 0 Å². The third kappa shape index (κ3) is 1.97. The quantitative estimate of drug-likeness (QED) is 0.853. The van der Waals surface area contributed by atoms with Crippen LogP contribution >= 0.6 is 0 Å². The molecule has 1 saturated heterocycles. The van der Waals surface area contributed by atoms with Crippen LogP contribution in [0.4, 0.5) is 0 Å². The van der Waals surface area contributed by atoms with Gasteiger partial charge in [-0.3, -0.25) is 9.59 Å². The van der Waals surface area contributed by atoms with Crippen molar-refractivity contribution in [2.45, 2.75) is 57.7 Å². The number of piperazine rings is 1. The van der Waals surface area contributed by atoms with E-state index >= 15 is 0 Å². The number of carbonyl (C=O) groups excluding carboxylic acids is 2. The Hall–Kier alpha value is -1.92. The van der Waals surface area contributed by atoms with E-state index in [0.29, 0.717) is 24.6 Å². The van der Waals surface area contributed by atoms with Gasteiger partial charge in [-0.05, 0) is 26.7 Å². The molecule has 1 saturated carbocycles. The molecule has 0 aromatic carbocycles. The van der Waals surface area contributed by atoms with Crippen LogP contribution in [0.1, 0.15) is 44.3 Å². The highest BCUT2D eigenvalue weighted by Crippen LogP contribution is 2.35. The standard InChI is InChI=1S/C13H18N4O3/c1-8-11(18)15-13(5-3-4-6-13)12(19)17(8)7-10-14-9(2)16-20-10/h8H,3-7H2,1-2H3,(H,15,18). The van der Waals surface area contributed by atoms with Crippen molar-refractivity contribution < 1.29 is 14.1 Å². The lowest BCUT2D eigenvalue weighted by atomic mass is 9.91. The van der Waals surface area contributed by atoms with Crippen LogP contribution in [-0.4, -0.2) is 38.4 Å². The summed E-state index contributed by atoms with van der Waals surface area (Å²) in [7, 11) is 0. The Kier molecular flexibility index (Phi) is 2.99. The second-order valence-electron chi connectivity index (χ2n) is 5.62. The molecule has 2 amide bonds. The van der Waals surface area contributed by atoms with Crippen LogP contribution in [0.15, 0.2) is 4.52 Å². The van der Waals surface area contributed by atoms with Crippen LogP contribution < -0.4 is 5.32 Å². The highest BCUT2D eigenvalue weighted by atomic mass is 16.5. The van der Waals surface area contributed by atoms with Gasteiger partial charge in [0.25, 0.3) is 0 Å². The molecule has 0 bridgehead atoms. The van der Waals surface area contributed by atoms with E-state index in [-0.39, 0.29) is 18.4 Å². The summed E-state index contributed by atoms with van der Waals surface area (Å²) in [6, 6.07) is -0.513. The minimum atomic E-state index is -0.710. The first-order chi connectivity index (χ1) is 9.52. The number of amides is 2. The van der Waals surface area contributed by atoms with E-state index in [0.717, 1.165) is 12.8 Å². The number of nitrogens with zero attached hydrogens (tertiary/aromatic N) is 3. The van der Waals surface area contributed by atoms with Crippen LogP contribution in [0.25, 0.3) is 0 Å². The van der Waals surface area contributed by atoms with Crippen molar-refractivity contribution in [3.63, 3.8) is 0 Å². The first-order valence-electron chi connectivity index (χ1n) is 6.94. The molecule has 2 fully saturated rings. The summed E-state index contributed by atoms with van der Waals surface area (Å²) < 4.78 is 5.06. The van der Waals surface area contributed by atoms with E-state index in [4.69, 9.17) is 4.52 Å². The molecule has 1 aromatic heterocycles. The molecule has 1 aliphatic heterocycles. The molecule has 1 aromatic rings. The van der Waals surface area contributed by atoms with Gasteiger partial charge in [-0.15, -0.1) is 0 Å². The van der Waals surface area contributed by atoms with Gasteiger partial charge in [0.15, 0.2) is 5.82 Å². The van der Waals surface area contributed by atoms with Crippen molar-refractivity contribution >= 4 is 11.8 Å². The topological polar surface area (TPSA) is 88.3 Å². The Morgan fingerprint density at radius 1 is 1.40 bits per heavy atom. The number of hydrogen-bond donors (Lipinski definition) is 1. The zero-order chi connectivity index (χ0) is 14.3. The van der Waals surface area contributed by atoms with Gasteiger partial charge in [0, 0.05) is 0 Å². The number of rotatable bonds is 2. The smallest absolute Gasteiger partial charge is 0.249 e.